The van der Waals surface area contributed by atoms with Crippen LogP contribution in [-0.2, 0) is 9.59 Å². The van der Waals surface area contributed by atoms with Crippen LogP contribution in [0.4, 0.5) is 0 Å². The number of aliphatic carboxylic acids is 1. The van der Waals surface area contributed by atoms with Crippen molar-refractivity contribution in [2.24, 2.45) is 5.73 Å². The molecule has 0 unspecified atom stereocenters. The van der Waals surface area contributed by atoms with Gasteiger partial charge in [-0.2, -0.15) is 0 Å². The summed E-state index contributed by atoms with van der Waals surface area (Å²) in [5.41, 5.74) is 5.00. The number of carboxylic acid groups (broad SMARTS) is 1. The summed E-state index contributed by atoms with van der Waals surface area (Å²) in [6, 6.07) is -1.04. The maximum absolute atomic E-state index is 11.9. The molecule has 21 heavy (non-hydrogen) atoms. The standard InChI is InChI=1S/C11H16N6O4/c12-9(18)2-1-7(11(20)21)14-10(19)8-5-17(16-15-8)6-3-13-4-6/h5-7,13H,1-4H2,(H2,12,18)(H,14,19)(H,20,21)/t7-/m1/s1. The highest BCUT2D eigenvalue weighted by Crippen LogP contribution is 2.10. The second-order valence-corrected chi connectivity index (χ2v) is 4.77. The molecule has 1 aliphatic rings. The van der Waals surface area contributed by atoms with Crippen molar-refractivity contribution in [3.63, 3.8) is 0 Å². The summed E-state index contributed by atoms with van der Waals surface area (Å²) in [5.74, 6) is -2.51. The predicted octanol–water partition coefficient (Wildman–Crippen LogP) is -2.13. The van der Waals surface area contributed by atoms with E-state index in [1.807, 2.05) is 0 Å². The third kappa shape index (κ3) is 3.75. The van der Waals surface area contributed by atoms with Crippen LogP contribution in [0.1, 0.15) is 29.4 Å². The lowest BCUT2D eigenvalue weighted by Gasteiger charge is -2.26. The molecule has 0 bridgehead atoms. The van der Waals surface area contributed by atoms with Gasteiger partial charge in [-0.1, -0.05) is 5.21 Å². The van der Waals surface area contributed by atoms with Crippen molar-refractivity contribution in [3.8, 4) is 0 Å². The van der Waals surface area contributed by atoms with Crippen molar-refractivity contribution in [1.82, 2.24) is 25.6 Å². The van der Waals surface area contributed by atoms with Crippen molar-refractivity contribution < 1.29 is 19.5 Å². The molecule has 10 heteroatoms. The number of carbonyl (C=O) groups is 3. The van der Waals surface area contributed by atoms with E-state index in [1.165, 1.54) is 6.20 Å². The van der Waals surface area contributed by atoms with Gasteiger partial charge in [0.1, 0.15) is 6.04 Å². The fourth-order valence-corrected chi connectivity index (χ4v) is 1.80. The highest BCUT2D eigenvalue weighted by Gasteiger charge is 2.25. The smallest absolute Gasteiger partial charge is 0.326 e. The Bertz CT molecular complexity index is 553. The molecule has 114 valence electrons. The van der Waals surface area contributed by atoms with Gasteiger partial charge in [0, 0.05) is 19.5 Å². The summed E-state index contributed by atoms with van der Waals surface area (Å²) < 4.78 is 1.56. The molecule has 2 amide bonds. The largest absolute Gasteiger partial charge is 0.480 e. The summed E-state index contributed by atoms with van der Waals surface area (Å²) in [7, 11) is 0. The fourth-order valence-electron chi connectivity index (χ4n) is 1.80. The number of hydrogen-bond acceptors (Lipinski definition) is 6. The average molecular weight is 296 g/mol. The number of nitrogens with zero attached hydrogens (tertiary/aromatic N) is 3. The Balaban J connectivity index is 1.95. The molecule has 1 saturated heterocycles. The van der Waals surface area contributed by atoms with Crippen LogP contribution in [-0.4, -0.2) is 57.0 Å². The molecule has 1 aliphatic heterocycles. The predicted molar refractivity (Wildman–Crippen MR) is 69.2 cm³/mol. The second kappa shape index (κ2) is 6.31. The third-order valence-corrected chi connectivity index (χ3v) is 3.16. The Morgan fingerprint density at radius 2 is 2.24 bits per heavy atom. The SMILES string of the molecule is NC(=O)CC[C@@H](NC(=O)c1cn(C2CNC2)nn1)C(=O)O. The zero-order chi connectivity index (χ0) is 15.4. The van der Waals surface area contributed by atoms with Crippen LogP contribution in [0.15, 0.2) is 6.20 Å². The molecule has 2 rings (SSSR count). The first kappa shape index (κ1) is 14.9. The van der Waals surface area contributed by atoms with Crippen molar-refractivity contribution in [2.75, 3.05) is 13.1 Å². The van der Waals surface area contributed by atoms with E-state index in [0.29, 0.717) is 0 Å². The molecule has 2 heterocycles. The molecular formula is C11H16N6O4. The van der Waals surface area contributed by atoms with Crippen LogP contribution in [0, 0.1) is 0 Å². The van der Waals surface area contributed by atoms with E-state index < -0.39 is 23.8 Å². The van der Waals surface area contributed by atoms with E-state index in [9.17, 15) is 14.4 Å². The molecule has 0 aliphatic carbocycles. The number of aromatic nitrogens is 3. The summed E-state index contributed by atoms with van der Waals surface area (Å²) in [4.78, 5) is 33.6. The van der Waals surface area contributed by atoms with Crippen LogP contribution >= 0.6 is 0 Å². The van der Waals surface area contributed by atoms with Crippen molar-refractivity contribution in [1.29, 1.82) is 0 Å². The van der Waals surface area contributed by atoms with Gasteiger partial charge in [0.05, 0.1) is 12.2 Å². The Morgan fingerprint density at radius 1 is 1.52 bits per heavy atom. The van der Waals surface area contributed by atoms with E-state index in [0.717, 1.165) is 13.1 Å². The topological polar surface area (TPSA) is 152 Å². The van der Waals surface area contributed by atoms with Crippen LogP contribution < -0.4 is 16.4 Å². The zero-order valence-corrected chi connectivity index (χ0v) is 11.2. The Hall–Kier alpha value is -2.49. The highest BCUT2D eigenvalue weighted by atomic mass is 16.4. The van der Waals surface area contributed by atoms with E-state index in [2.05, 4.69) is 20.9 Å². The van der Waals surface area contributed by atoms with Crippen LogP contribution in [0.5, 0.6) is 0 Å². The number of amides is 2. The van der Waals surface area contributed by atoms with Gasteiger partial charge in [0.2, 0.25) is 5.91 Å². The van der Waals surface area contributed by atoms with Crippen LogP contribution in [0.2, 0.25) is 0 Å². The molecule has 0 saturated carbocycles. The number of nitrogens with two attached hydrogens (primary N) is 1. The number of nitrogens with one attached hydrogen (secondary N) is 2. The quantitative estimate of drug-likeness (QED) is 0.448. The van der Waals surface area contributed by atoms with Gasteiger partial charge in [-0.15, -0.1) is 5.10 Å². The summed E-state index contributed by atoms with van der Waals surface area (Å²) in [6.45, 7) is 1.50. The number of primary amides is 1. The van der Waals surface area contributed by atoms with Gasteiger partial charge in [-0.3, -0.25) is 9.59 Å². The van der Waals surface area contributed by atoms with Crippen molar-refractivity contribution in [3.05, 3.63) is 11.9 Å². The maximum Gasteiger partial charge on any atom is 0.326 e. The summed E-state index contributed by atoms with van der Waals surface area (Å²) >= 11 is 0. The maximum atomic E-state index is 11.9. The number of carbonyl (C=O) groups excluding carboxylic acids is 2. The van der Waals surface area contributed by atoms with Gasteiger partial charge in [-0.05, 0) is 6.42 Å². The molecule has 1 atom stereocenters. The Labute approximate surface area is 119 Å². The normalized spacial score (nSPS) is 16.0. The number of hydrogen-bond donors (Lipinski definition) is 4. The second-order valence-electron chi connectivity index (χ2n) is 4.77. The lowest BCUT2D eigenvalue weighted by molar-refractivity contribution is -0.139. The summed E-state index contributed by atoms with van der Waals surface area (Å²) in [5, 5.41) is 21.9. The Kier molecular flexibility index (Phi) is 4.48. The van der Waals surface area contributed by atoms with Crippen LogP contribution in [0.25, 0.3) is 0 Å². The van der Waals surface area contributed by atoms with Gasteiger partial charge in [0.25, 0.3) is 5.91 Å². The molecular weight excluding hydrogens is 280 g/mol. The highest BCUT2D eigenvalue weighted by molar-refractivity contribution is 5.94. The molecule has 1 fully saturated rings. The number of rotatable bonds is 7. The molecule has 10 nitrogen and oxygen atoms in total. The van der Waals surface area contributed by atoms with Gasteiger partial charge < -0.3 is 21.5 Å². The monoisotopic (exact) mass is 296 g/mol. The van der Waals surface area contributed by atoms with Crippen molar-refractivity contribution in [2.45, 2.75) is 24.9 Å². The molecule has 0 aromatic carbocycles. The number of carboxylic acids is 1. The molecule has 0 radical (unpaired) electrons. The van der Waals surface area contributed by atoms with E-state index >= 15 is 0 Å². The lowest BCUT2D eigenvalue weighted by Crippen LogP contribution is -2.43. The first-order valence-electron chi connectivity index (χ1n) is 6.42. The van der Waals surface area contributed by atoms with E-state index in [-0.39, 0.29) is 24.6 Å². The zero-order valence-electron chi connectivity index (χ0n) is 11.2. The first-order chi connectivity index (χ1) is 9.97. The fraction of sp³-hybridized carbons (Fsp3) is 0.545. The first-order valence-corrected chi connectivity index (χ1v) is 6.42. The molecule has 0 spiro atoms. The Morgan fingerprint density at radius 3 is 2.76 bits per heavy atom. The molecule has 1 aromatic rings. The van der Waals surface area contributed by atoms with E-state index in [4.69, 9.17) is 10.8 Å². The van der Waals surface area contributed by atoms with Gasteiger partial charge in [0.15, 0.2) is 5.69 Å². The average Bonchev–Trinajstić information content (AvgIpc) is 2.80. The lowest BCUT2D eigenvalue weighted by atomic mass is 10.1. The van der Waals surface area contributed by atoms with Crippen molar-refractivity contribution >= 4 is 17.8 Å². The van der Waals surface area contributed by atoms with Gasteiger partial charge >= 0.3 is 5.97 Å². The minimum Gasteiger partial charge on any atom is -0.480 e. The van der Waals surface area contributed by atoms with E-state index in [1.54, 1.807) is 4.68 Å². The minimum atomic E-state index is -1.24. The summed E-state index contributed by atoms with van der Waals surface area (Å²) in [6.07, 6.45) is 1.27. The minimum absolute atomic E-state index is 0.0345. The third-order valence-electron chi connectivity index (χ3n) is 3.16. The van der Waals surface area contributed by atoms with Crippen LogP contribution in [0.3, 0.4) is 0 Å². The van der Waals surface area contributed by atoms with Gasteiger partial charge in [-0.25, -0.2) is 9.48 Å². The molecule has 1 aromatic heterocycles. The molecule has 5 N–H and O–H groups in total.